The first kappa shape index (κ1) is 19.1. The predicted octanol–water partition coefficient (Wildman–Crippen LogP) is 7.84. The number of hydrogen-bond acceptors (Lipinski definition) is 2. The van der Waals surface area contributed by atoms with Crippen molar-refractivity contribution >= 4 is 28.4 Å². The van der Waals surface area contributed by atoms with Gasteiger partial charge < -0.3 is 9.80 Å². The van der Waals surface area contributed by atoms with Crippen LogP contribution in [0.15, 0.2) is 115 Å². The van der Waals surface area contributed by atoms with Gasteiger partial charge in [0.15, 0.2) is 0 Å². The van der Waals surface area contributed by atoms with E-state index in [4.69, 9.17) is 0 Å². The molecule has 5 aromatic carbocycles. The summed E-state index contributed by atoms with van der Waals surface area (Å²) in [5, 5.41) is 0. The van der Waals surface area contributed by atoms with Crippen molar-refractivity contribution in [3.05, 3.63) is 149 Å². The van der Waals surface area contributed by atoms with Crippen molar-refractivity contribution in [2.24, 2.45) is 0 Å². The molecule has 2 heteroatoms. The molecule has 0 atom stereocenters. The van der Waals surface area contributed by atoms with Crippen LogP contribution in [0.25, 0.3) is 0 Å². The maximum Gasteiger partial charge on any atom is 0.0782 e. The number of benzene rings is 5. The van der Waals surface area contributed by atoms with Gasteiger partial charge in [-0.2, -0.15) is 0 Å². The Morgan fingerprint density at radius 3 is 1.66 bits per heavy atom. The molecule has 0 aliphatic carbocycles. The highest BCUT2D eigenvalue weighted by Crippen LogP contribution is 2.64. The molecule has 0 fully saturated rings. The van der Waals surface area contributed by atoms with Crippen LogP contribution in [0.4, 0.5) is 28.4 Å². The number of nitrogens with zero attached hydrogens (tertiary/aromatic N) is 2. The quantitative estimate of drug-likeness (QED) is 0.233. The number of fused-ring (bicyclic) bond motifs is 10. The lowest BCUT2D eigenvalue weighted by Gasteiger charge is -2.52. The van der Waals surface area contributed by atoms with E-state index in [0.717, 1.165) is 6.42 Å². The summed E-state index contributed by atoms with van der Waals surface area (Å²) in [6.07, 6.45) is 0.956. The summed E-state index contributed by atoms with van der Waals surface area (Å²) in [5.74, 6) is 0. The fourth-order valence-corrected chi connectivity index (χ4v) is 6.91. The minimum absolute atomic E-state index is 0.385. The molecule has 0 saturated carbocycles. The number of rotatable bonds is 0. The van der Waals surface area contributed by atoms with Gasteiger partial charge in [0.1, 0.15) is 0 Å². The van der Waals surface area contributed by atoms with E-state index in [1.165, 1.54) is 61.8 Å². The Morgan fingerprint density at radius 1 is 0.486 bits per heavy atom. The zero-order valence-electron chi connectivity index (χ0n) is 19.6. The van der Waals surface area contributed by atoms with Crippen LogP contribution in [-0.2, 0) is 11.8 Å². The number of hydrogen-bond donors (Lipinski definition) is 0. The Balaban J connectivity index is 1.59. The highest BCUT2D eigenvalue weighted by molar-refractivity contribution is 5.96. The molecule has 0 N–H and O–H groups in total. The van der Waals surface area contributed by atoms with Gasteiger partial charge in [-0.1, -0.05) is 91.0 Å². The van der Waals surface area contributed by atoms with Crippen molar-refractivity contribution in [3.63, 3.8) is 0 Å². The highest BCUT2D eigenvalue weighted by atomic mass is 15.2. The normalized spacial score (nSPS) is 15.6. The smallest absolute Gasteiger partial charge is 0.0782 e. The Hall–Kier alpha value is -4.30. The molecule has 3 heterocycles. The molecule has 0 saturated heterocycles. The van der Waals surface area contributed by atoms with Gasteiger partial charge in [-0.15, -0.1) is 0 Å². The SMILES string of the molecule is CN1c2ccccc2C2(c3ccccc31)c1ccccc1N1c3ccccc3Cc3cccc2c31. The third-order valence-electron chi connectivity index (χ3n) is 8.25. The highest BCUT2D eigenvalue weighted by Gasteiger charge is 2.52. The fourth-order valence-electron chi connectivity index (χ4n) is 6.91. The first-order valence-electron chi connectivity index (χ1n) is 12.3. The lowest BCUT2D eigenvalue weighted by atomic mass is 9.59. The van der Waals surface area contributed by atoms with Crippen LogP contribution < -0.4 is 9.80 Å². The van der Waals surface area contributed by atoms with Crippen LogP contribution in [0.5, 0.6) is 0 Å². The number of para-hydroxylation sites is 5. The van der Waals surface area contributed by atoms with E-state index in [1.807, 2.05) is 0 Å². The van der Waals surface area contributed by atoms with E-state index in [0.29, 0.717) is 0 Å². The summed E-state index contributed by atoms with van der Waals surface area (Å²) in [7, 11) is 2.20. The van der Waals surface area contributed by atoms with Crippen LogP contribution >= 0.6 is 0 Å². The van der Waals surface area contributed by atoms with Crippen LogP contribution in [-0.4, -0.2) is 7.05 Å². The molecule has 5 aromatic rings. The third-order valence-corrected chi connectivity index (χ3v) is 8.25. The van der Waals surface area contributed by atoms with E-state index in [2.05, 4.69) is 132 Å². The van der Waals surface area contributed by atoms with Gasteiger partial charge in [-0.3, -0.25) is 0 Å². The van der Waals surface area contributed by atoms with E-state index >= 15 is 0 Å². The van der Waals surface area contributed by atoms with Crippen molar-refractivity contribution in [1.29, 1.82) is 0 Å². The third kappa shape index (κ3) is 2.20. The fraction of sp³-hybridized carbons (Fsp3) is 0.0909. The molecule has 0 bridgehead atoms. The molecule has 2 nitrogen and oxygen atoms in total. The van der Waals surface area contributed by atoms with Gasteiger partial charge in [0.2, 0.25) is 0 Å². The Bertz CT molecular complexity index is 1620. The van der Waals surface area contributed by atoms with Crippen LogP contribution in [0.1, 0.15) is 33.4 Å². The molecular formula is C33H24N2. The Kier molecular flexibility index (Phi) is 3.61. The van der Waals surface area contributed by atoms with Gasteiger partial charge in [0.05, 0.1) is 16.8 Å². The van der Waals surface area contributed by atoms with Crippen molar-refractivity contribution < 1.29 is 0 Å². The van der Waals surface area contributed by atoms with Crippen molar-refractivity contribution in [1.82, 2.24) is 0 Å². The van der Waals surface area contributed by atoms with Gasteiger partial charge in [-0.25, -0.2) is 0 Å². The summed E-state index contributed by atoms with van der Waals surface area (Å²) < 4.78 is 0. The van der Waals surface area contributed by atoms with E-state index < -0.39 is 0 Å². The van der Waals surface area contributed by atoms with Crippen LogP contribution in [0, 0.1) is 0 Å². The first-order valence-corrected chi connectivity index (χ1v) is 12.3. The summed E-state index contributed by atoms with van der Waals surface area (Å²) >= 11 is 0. The monoisotopic (exact) mass is 448 g/mol. The summed E-state index contributed by atoms with van der Waals surface area (Å²) in [6, 6.07) is 42.8. The Morgan fingerprint density at radius 2 is 0.971 bits per heavy atom. The lowest BCUT2D eigenvalue weighted by molar-refractivity contribution is 0.711. The minimum atomic E-state index is -0.385. The first-order chi connectivity index (χ1) is 17.3. The second-order valence-corrected chi connectivity index (χ2v) is 9.81. The lowest BCUT2D eigenvalue weighted by Crippen LogP contribution is -2.43. The molecule has 0 unspecified atom stereocenters. The molecule has 166 valence electrons. The zero-order chi connectivity index (χ0) is 23.1. The zero-order valence-corrected chi connectivity index (χ0v) is 19.6. The maximum absolute atomic E-state index is 2.52. The van der Waals surface area contributed by atoms with Gasteiger partial charge in [0.25, 0.3) is 0 Å². The van der Waals surface area contributed by atoms with Gasteiger partial charge in [-0.05, 0) is 57.6 Å². The maximum atomic E-state index is 2.52. The topological polar surface area (TPSA) is 6.48 Å². The average Bonchev–Trinajstić information content (AvgIpc) is 2.92. The summed E-state index contributed by atoms with van der Waals surface area (Å²) in [5.41, 5.74) is 14.2. The van der Waals surface area contributed by atoms with E-state index in [1.54, 1.807) is 0 Å². The minimum Gasteiger partial charge on any atom is -0.344 e. The molecule has 3 aliphatic rings. The summed E-state index contributed by atoms with van der Waals surface area (Å²) in [4.78, 5) is 4.88. The largest absolute Gasteiger partial charge is 0.344 e. The van der Waals surface area contributed by atoms with Gasteiger partial charge >= 0.3 is 0 Å². The molecular weight excluding hydrogens is 424 g/mol. The molecule has 0 radical (unpaired) electrons. The molecule has 1 spiro atoms. The summed E-state index contributed by atoms with van der Waals surface area (Å²) in [6.45, 7) is 0. The second kappa shape index (κ2) is 6.64. The van der Waals surface area contributed by atoms with Gasteiger partial charge in [0, 0.05) is 30.5 Å². The number of anilines is 5. The average molecular weight is 449 g/mol. The molecule has 8 rings (SSSR count). The van der Waals surface area contributed by atoms with Crippen LogP contribution in [0.2, 0.25) is 0 Å². The van der Waals surface area contributed by atoms with Crippen molar-refractivity contribution in [2.45, 2.75) is 11.8 Å². The Labute approximate surface area is 205 Å². The van der Waals surface area contributed by atoms with Crippen LogP contribution in [0.3, 0.4) is 0 Å². The molecule has 0 aromatic heterocycles. The predicted molar refractivity (Wildman–Crippen MR) is 144 cm³/mol. The molecule has 35 heavy (non-hydrogen) atoms. The molecule has 3 aliphatic heterocycles. The molecule has 0 amide bonds. The van der Waals surface area contributed by atoms with E-state index in [9.17, 15) is 0 Å². The van der Waals surface area contributed by atoms with E-state index in [-0.39, 0.29) is 5.41 Å². The standard InChI is InChI=1S/C33H24N2/c1-34-29-18-7-3-13-24(29)33(25-14-4-8-19-30(25)34)26-15-5-9-20-31(26)35-28-17-6-2-11-22(28)21-23-12-10-16-27(33)32(23)35/h2-20H,21H2,1H3. The van der Waals surface area contributed by atoms with Crippen molar-refractivity contribution in [3.8, 4) is 0 Å². The van der Waals surface area contributed by atoms with Crippen molar-refractivity contribution in [2.75, 3.05) is 16.8 Å². The second-order valence-electron chi connectivity index (χ2n) is 9.81.